The van der Waals surface area contributed by atoms with E-state index in [1.807, 2.05) is 30.3 Å². The number of carbonyl (C=O) groups excluding carboxylic acids is 2. The number of aromatic nitrogens is 6. The first-order chi connectivity index (χ1) is 22.9. The number of carbonyl (C=O) groups is 2. The van der Waals surface area contributed by atoms with Crippen LogP contribution in [0.4, 0.5) is 15.0 Å². The van der Waals surface area contributed by atoms with Crippen molar-refractivity contribution in [3.05, 3.63) is 83.3 Å². The Hall–Kier alpha value is -5.55. The molecule has 246 valence electrons. The van der Waals surface area contributed by atoms with Crippen LogP contribution in [-0.4, -0.2) is 78.0 Å². The molecule has 15 heteroatoms. The minimum absolute atomic E-state index is 0.160. The molecule has 1 fully saturated rings. The summed E-state index contributed by atoms with van der Waals surface area (Å²) in [6.45, 7) is 6.80. The molecule has 0 spiro atoms. The van der Waals surface area contributed by atoms with Crippen LogP contribution in [0.2, 0.25) is 5.02 Å². The summed E-state index contributed by atoms with van der Waals surface area (Å²) in [6.07, 6.45) is 7.76. The van der Waals surface area contributed by atoms with Crippen LogP contribution in [0.3, 0.4) is 0 Å². The van der Waals surface area contributed by atoms with E-state index in [0.29, 0.717) is 65.6 Å². The molecule has 1 aliphatic heterocycles. The number of piperazine rings is 1. The highest BCUT2D eigenvalue weighted by atomic mass is 35.5. The molecule has 1 unspecified atom stereocenters. The van der Waals surface area contributed by atoms with Gasteiger partial charge < -0.3 is 19.9 Å². The van der Waals surface area contributed by atoms with E-state index in [-0.39, 0.29) is 10.9 Å². The standard InChI is InChI=1S/C33H32ClFN10O3/c1-33(2,3)48-32(47)41-29(20-5-7-25(35)24(34)13-20)31(46)44-11-9-43(10-12-44)27-8-6-21(15-37-27)28-30-22(14-36)16-39-45(30)19-26(40-28)23-17-38-42(4)18-23/h5-8,13,15-19,29H,9-12H2,1-4H3,(H,41,47). The third kappa shape index (κ3) is 6.77. The van der Waals surface area contributed by atoms with E-state index in [9.17, 15) is 19.2 Å². The molecule has 4 aromatic heterocycles. The number of amides is 2. The molecule has 2 amide bonds. The van der Waals surface area contributed by atoms with Crippen LogP contribution in [0.15, 0.2) is 61.3 Å². The quantitative estimate of drug-likeness (QED) is 0.270. The number of halogens is 2. The van der Waals surface area contributed by atoms with Crippen LogP contribution in [0.1, 0.15) is 37.9 Å². The Morgan fingerprint density at radius 3 is 2.44 bits per heavy atom. The smallest absolute Gasteiger partial charge is 0.408 e. The van der Waals surface area contributed by atoms with Gasteiger partial charge in [-0.25, -0.2) is 23.7 Å². The van der Waals surface area contributed by atoms with E-state index in [2.05, 4.69) is 21.6 Å². The molecule has 1 atom stereocenters. The number of nitrogens with one attached hydrogen (secondary N) is 1. The summed E-state index contributed by atoms with van der Waals surface area (Å²) in [5.74, 6) is -0.301. The van der Waals surface area contributed by atoms with Gasteiger partial charge in [0.1, 0.15) is 40.4 Å². The molecule has 48 heavy (non-hydrogen) atoms. The maximum Gasteiger partial charge on any atom is 0.408 e. The summed E-state index contributed by atoms with van der Waals surface area (Å²) < 4.78 is 22.6. The molecule has 0 aliphatic carbocycles. The van der Waals surface area contributed by atoms with Gasteiger partial charge in [0, 0.05) is 56.7 Å². The van der Waals surface area contributed by atoms with E-state index < -0.39 is 23.6 Å². The molecule has 6 rings (SSSR count). The summed E-state index contributed by atoms with van der Waals surface area (Å²) in [7, 11) is 1.82. The van der Waals surface area contributed by atoms with Crippen molar-refractivity contribution in [3.63, 3.8) is 0 Å². The molecular weight excluding hydrogens is 639 g/mol. The van der Waals surface area contributed by atoms with Crippen molar-refractivity contribution in [1.29, 1.82) is 5.26 Å². The van der Waals surface area contributed by atoms with Gasteiger partial charge >= 0.3 is 6.09 Å². The van der Waals surface area contributed by atoms with Gasteiger partial charge in [0.2, 0.25) is 5.91 Å². The Morgan fingerprint density at radius 1 is 1.04 bits per heavy atom. The summed E-state index contributed by atoms with van der Waals surface area (Å²) in [5, 5.41) is 20.8. The van der Waals surface area contributed by atoms with Gasteiger partial charge in [0.25, 0.3) is 0 Å². The number of pyridine rings is 1. The zero-order valence-electron chi connectivity index (χ0n) is 26.7. The zero-order chi connectivity index (χ0) is 34.2. The first-order valence-corrected chi connectivity index (χ1v) is 15.5. The topological polar surface area (TPSA) is 147 Å². The average molecular weight is 671 g/mol. The van der Waals surface area contributed by atoms with Crippen LogP contribution in [0.5, 0.6) is 0 Å². The van der Waals surface area contributed by atoms with E-state index in [1.165, 1.54) is 18.3 Å². The lowest BCUT2D eigenvalue weighted by molar-refractivity contribution is -0.134. The SMILES string of the molecule is Cn1cc(-c2cn3ncc(C#N)c3c(-c3ccc(N4CCN(C(=O)C(NC(=O)OC(C)(C)C)c5ccc(F)c(Cl)c5)CC4)nc3)n2)cn1. The van der Waals surface area contributed by atoms with Crippen molar-refractivity contribution >= 4 is 34.9 Å². The Labute approximate surface area is 280 Å². The molecule has 1 aliphatic rings. The normalized spacial score (nSPS) is 14.1. The Bertz CT molecular complexity index is 2040. The van der Waals surface area contributed by atoms with Gasteiger partial charge in [-0.1, -0.05) is 17.7 Å². The van der Waals surface area contributed by atoms with Gasteiger partial charge in [-0.15, -0.1) is 0 Å². The van der Waals surface area contributed by atoms with Crippen LogP contribution in [-0.2, 0) is 16.6 Å². The average Bonchev–Trinajstić information content (AvgIpc) is 3.69. The number of aryl methyl sites for hydroxylation is 1. The molecule has 0 saturated carbocycles. The Balaban J connectivity index is 1.19. The lowest BCUT2D eigenvalue weighted by atomic mass is 10.0. The number of ether oxygens (including phenoxy) is 1. The van der Waals surface area contributed by atoms with Gasteiger partial charge in [0.15, 0.2) is 0 Å². The second kappa shape index (κ2) is 12.9. The van der Waals surface area contributed by atoms with Gasteiger partial charge in [-0.3, -0.25) is 9.48 Å². The van der Waals surface area contributed by atoms with Crippen LogP contribution in [0, 0.1) is 17.1 Å². The van der Waals surface area contributed by atoms with E-state index in [4.69, 9.17) is 26.3 Å². The summed E-state index contributed by atoms with van der Waals surface area (Å²) >= 11 is 6.02. The van der Waals surface area contributed by atoms with Crippen LogP contribution >= 0.6 is 11.6 Å². The number of benzene rings is 1. The summed E-state index contributed by atoms with van der Waals surface area (Å²) in [6, 6.07) is 8.73. The minimum Gasteiger partial charge on any atom is -0.444 e. The second-order valence-electron chi connectivity index (χ2n) is 12.3. The maximum absolute atomic E-state index is 13.9. The first-order valence-electron chi connectivity index (χ1n) is 15.1. The summed E-state index contributed by atoms with van der Waals surface area (Å²) in [4.78, 5) is 39.7. The van der Waals surface area contributed by atoms with E-state index in [0.717, 1.165) is 11.6 Å². The minimum atomic E-state index is -1.13. The van der Waals surface area contributed by atoms with Crippen molar-refractivity contribution < 1.29 is 18.7 Å². The fourth-order valence-electron chi connectivity index (χ4n) is 5.45. The zero-order valence-corrected chi connectivity index (χ0v) is 27.4. The molecule has 5 aromatic rings. The Morgan fingerprint density at radius 2 is 1.81 bits per heavy atom. The first kappa shape index (κ1) is 32.4. The summed E-state index contributed by atoms with van der Waals surface area (Å²) in [5.41, 5.74) is 3.23. The Kier molecular flexibility index (Phi) is 8.72. The monoisotopic (exact) mass is 670 g/mol. The molecule has 5 heterocycles. The fraction of sp³-hybridized carbons (Fsp3) is 0.303. The third-order valence-corrected chi connectivity index (χ3v) is 8.03. The van der Waals surface area contributed by atoms with Gasteiger partial charge in [0.05, 0.1) is 35.0 Å². The van der Waals surface area contributed by atoms with Crippen LogP contribution in [0.25, 0.3) is 28.0 Å². The molecule has 0 bridgehead atoms. The van der Waals surface area contributed by atoms with E-state index >= 15 is 0 Å². The second-order valence-corrected chi connectivity index (χ2v) is 12.7. The van der Waals surface area contributed by atoms with Crippen LogP contribution < -0.4 is 10.2 Å². The predicted molar refractivity (Wildman–Crippen MR) is 175 cm³/mol. The van der Waals surface area contributed by atoms with Crippen molar-refractivity contribution in [1.82, 2.24) is 39.6 Å². The number of alkyl carbamates (subject to hydrolysis) is 1. The molecule has 0 radical (unpaired) electrons. The van der Waals surface area contributed by atoms with Crippen molar-refractivity contribution in [3.8, 4) is 28.6 Å². The van der Waals surface area contributed by atoms with Gasteiger partial charge in [-0.2, -0.15) is 15.5 Å². The third-order valence-electron chi connectivity index (χ3n) is 7.74. The highest BCUT2D eigenvalue weighted by Gasteiger charge is 2.32. The van der Waals surface area contributed by atoms with E-state index in [1.54, 1.807) is 53.5 Å². The number of hydrogen-bond donors (Lipinski definition) is 1. The molecule has 13 nitrogen and oxygen atoms in total. The number of nitrogens with zero attached hydrogens (tertiary/aromatic N) is 9. The molecule has 1 aromatic carbocycles. The van der Waals surface area contributed by atoms with Crippen molar-refractivity contribution in [2.75, 3.05) is 31.1 Å². The fourth-order valence-corrected chi connectivity index (χ4v) is 5.64. The predicted octanol–water partition coefficient (Wildman–Crippen LogP) is 4.77. The number of nitriles is 1. The number of anilines is 1. The largest absolute Gasteiger partial charge is 0.444 e. The lowest BCUT2D eigenvalue weighted by Gasteiger charge is -2.37. The van der Waals surface area contributed by atoms with Gasteiger partial charge in [-0.05, 0) is 50.6 Å². The van der Waals surface area contributed by atoms with Crippen molar-refractivity contribution in [2.45, 2.75) is 32.4 Å². The number of hydrogen-bond acceptors (Lipinski definition) is 9. The highest BCUT2D eigenvalue weighted by Crippen LogP contribution is 2.30. The number of rotatable bonds is 6. The maximum atomic E-state index is 13.9. The molecular formula is C33H32ClFN10O3. The lowest BCUT2D eigenvalue weighted by Crippen LogP contribution is -2.52. The van der Waals surface area contributed by atoms with Crippen molar-refractivity contribution in [2.24, 2.45) is 7.05 Å². The highest BCUT2D eigenvalue weighted by molar-refractivity contribution is 6.30. The molecule has 1 saturated heterocycles. The number of fused-ring (bicyclic) bond motifs is 1. The molecule has 1 N–H and O–H groups in total.